The summed E-state index contributed by atoms with van der Waals surface area (Å²) in [5.74, 6) is 0. The lowest BCUT2D eigenvalue weighted by Crippen LogP contribution is -2.32. The minimum Gasteiger partial charge on any atom is -0.316 e. The predicted molar refractivity (Wildman–Crippen MR) is 65.5 cm³/mol. The van der Waals surface area contributed by atoms with Gasteiger partial charge in [-0.15, -0.1) is 0 Å². The van der Waals surface area contributed by atoms with Gasteiger partial charge in [0.1, 0.15) is 0 Å². The molecule has 0 radical (unpaired) electrons. The molecule has 14 heavy (non-hydrogen) atoms. The molecular formula is C13H27N. The van der Waals surface area contributed by atoms with Gasteiger partial charge in [-0.3, -0.25) is 0 Å². The molecule has 0 aliphatic heterocycles. The van der Waals surface area contributed by atoms with Crippen LogP contribution in [0.3, 0.4) is 0 Å². The maximum absolute atomic E-state index is 4.01. The summed E-state index contributed by atoms with van der Waals surface area (Å²) in [7, 11) is 0. The third-order valence-electron chi connectivity index (χ3n) is 2.77. The Hall–Kier alpha value is -0.300. The molecule has 0 spiro atoms. The molecule has 0 rings (SSSR count). The van der Waals surface area contributed by atoms with Crippen LogP contribution in [0.4, 0.5) is 0 Å². The maximum Gasteiger partial charge on any atom is 0.00397 e. The van der Waals surface area contributed by atoms with Gasteiger partial charge in [-0.2, -0.15) is 0 Å². The lowest BCUT2D eigenvalue weighted by molar-refractivity contribution is 0.342. The topological polar surface area (TPSA) is 12.0 Å². The Bertz CT molecular complexity index is 184. The zero-order chi connectivity index (χ0) is 11.4. The molecule has 0 aliphatic carbocycles. The van der Waals surface area contributed by atoms with Gasteiger partial charge in [-0.25, -0.2) is 0 Å². The second kappa shape index (κ2) is 4.97. The highest BCUT2D eigenvalue weighted by molar-refractivity contribution is 5.03. The van der Waals surface area contributed by atoms with Gasteiger partial charge >= 0.3 is 0 Å². The molecule has 0 saturated heterocycles. The fraction of sp³-hybridized carbons (Fsp3) is 0.846. The van der Waals surface area contributed by atoms with Crippen molar-refractivity contribution in [2.24, 2.45) is 10.8 Å². The molecule has 0 fully saturated rings. The van der Waals surface area contributed by atoms with Gasteiger partial charge in [0.25, 0.3) is 0 Å². The molecule has 0 saturated carbocycles. The van der Waals surface area contributed by atoms with Gasteiger partial charge < -0.3 is 5.32 Å². The molecule has 0 aromatic carbocycles. The predicted octanol–water partition coefficient (Wildman–Crippen LogP) is 3.61. The first-order valence-corrected chi connectivity index (χ1v) is 5.52. The highest BCUT2D eigenvalue weighted by atomic mass is 14.9. The Morgan fingerprint density at radius 2 is 1.64 bits per heavy atom. The Kier molecular flexibility index (Phi) is 4.87. The monoisotopic (exact) mass is 197 g/mol. The highest BCUT2D eigenvalue weighted by Gasteiger charge is 2.18. The largest absolute Gasteiger partial charge is 0.316 e. The molecule has 0 unspecified atom stereocenters. The average molecular weight is 197 g/mol. The third-order valence-corrected chi connectivity index (χ3v) is 2.77. The van der Waals surface area contributed by atoms with E-state index in [9.17, 15) is 0 Å². The molecule has 84 valence electrons. The number of rotatable bonds is 5. The van der Waals surface area contributed by atoms with E-state index in [2.05, 4.69) is 53.4 Å². The van der Waals surface area contributed by atoms with E-state index in [1.807, 2.05) is 0 Å². The average Bonchev–Trinajstić information content (AvgIpc) is 1.96. The van der Waals surface area contributed by atoms with E-state index in [1.165, 1.54) is 12.0 Å². The number of nitrogens with one attached hydrogen (secondary N) is 1. The molecule has 1 N–H and O–H groups in total. The van der Waals surface area contributed by atoms with E-state index in [0.717, 1.165) is 13.1 Å². The van der Waals surface area contributed by atoms with Crippen molar-refractivity contribution in [3.05, 3.63) is 12.2 Å². The lowest BCUT2D eigenvalue weighted by atomic mass is 9.86. The molecule has 0 amide bonds. The molecule has 0 atom stereocenters. The van der Waals surface area contributed by atoms with Crippen molar-refractivity contribution in [2.45, 2.75) is 48.0 Å². The van der Waals surface area contributed by atoms with Crippen LogP contribution >= 0.6 is 0 Å². The second-order valence-corrected chi connectivity index (χ2v) is 6.15. The summed E-state index contributed by atoms with van der Waals surface area (Å²) >= 11 is 0. The van der Waals surface area contributed by atoms with Gasteiger partial charge in [-0.1, -0.05) is 46.8 Å². The SMILES string of the molecule is C=C(C)C(C)(C)CNCCC(C)(C)C. The van der Waals surface area contributed by atoms with Crippen molar-refractivity contribution < 1.29 is 0 Å². The van der Waals surface area contributed by atoms with Crippen molar-refractivity contribution >= 4 is 0 Å². The van der Waals surface area contributed by atoms with E-state index in [1.54, 1.807) is 0 Å². The van der Waals surface area contributed by atoms with Crippen LogP contribution in [0.15, 0.2) is 12.2 Å². The van der Waals surface area contributed by atoms with Gasteiger partial charge in [0.2, 0.25) is 0 Å². The van der Waals surface area contributed by atoms with E-state index >= 15 is 0 Å². The summed E-state index contributed by atoms with van der Waals surface area (Å²) < 4.78 is 0. The highest BCUT2D eigenvalue weighted by Crippen LogP contribution is 2.23. The van der Waals surface area contributed by atoms with Crippen LogP contribution in [-0.4, -0.2) is 13.1 Å². The first-order valence-electron chi connectivity index (χ1n) is 5.52. The maximum atomic E-state index is 4.01. The van der Waals surface area contributed by atoms with E-state index in [0.29, 0.717) is 5.41 Å². The van der Waals surface area contributed by atoms with Crippen LogP contribution in [0.1, 0.15) is 48.0 Å². The number of hydrogen-bond donors (Lipinski definition) is 1. The zero-order valence-electron chi connectivity index (χ0n) is 10.8. The Labute approximate surface area is 90.0 Å². The lowest BCUT2D eigenvalue weighted by Gasteiger charge is -2.26. The standard InChI is InChI=1S/C13H27N/c1-11(2)13(6,7)10-14-9-8-12(3,4)5/h14H,1,8-10H2,2-7H3. The van der Waals surface area contributed by atoms with Gasteiger partial charge in [0.05, 0.1) is 0 Å². The minimum absolute atomic E-state index is 0.220. The van der Waals surface area contributed by atoms with Crippen LogP contribution in [0.25, 0.3) is 0 Å². The van der Waals surface area contributed by atoms with Crippen molar-refractivity contribution in [3.63, 3.8) is 0 Å². The minimum atomic E-state index is 0.220. The summed E-state index contributed by atoms with van der Waals surface area (Å²) in [4.78, 5) is 0. The first kappa shape index (κ1) is 13.7. The molecule has 0 aliphatic rings. The Morgan fingerprint density at radius 3 is 2.00 bits per heavy atom. The Morgan fingerprint density at radius 1 is 1.14 bits per heavy atom. The van der Waals surface area contributed by atoms with E-state index in [-0.39, 0.29) is 5.41 Å². The summed E-state index contributed by atoms with van der Waals surface area (Å²) in [5, 5.41) is 3.50. The fourth-order valence-electron chi connectivity index (χ4n) is 1.02. The zero-order valence-corrected chi connectivity index (χ0v) is 10.8. The summed E-state index contributed by atoms with van der Waals surface area (Å²) in [6.07, 6.45) is 1.22. The van der Waals surface area contributed by atoms with Gasteiger partial charge in [0, 0.05) is 6.54 Å². The smallest absolute Gasteiger partial charge is 0.00397 e. The molecule has 0 bridgehead atoms. The van der Waals surface area contributed by atoms with Crippen LogP contribution in [0, 0.1) is 10.8 Å². The molecular weight excluding hydrogens is 170 g/mol. The van der Waals surface area contributed by atoms with Crippen LogP contribution in [0.5, 0.6) is 0 Å². The Balaban J connectivity index is 3.70. The van der Waals surface area contributed by atoms with Crippen molar-refractivity contribution in [1.29, 1.82) is 0 Å². The normalized spacial score (nSPS) is 13.0. The van der Waals surface area contributed by atoms with Gasteiger partial charge in [0.15, 0.2) is 0 Å². The second-order valence-electron chi connectivity index (χ2n) is 6.15. The molecule has 0 heterocycles. The molecule has 1 heteroatoms. The fourth-order valence-corrected chi connectivity index (χ4v) is 1.02. The van der Waals surface area contributed by atoms with Crippen LogP contribution in [-0.2, 0) is 0 Å². The van der Waals surface area contributed by atoms with Gasteiger partial charge in [-0.05, 0) is 30.7 Å². The van der Waals surface area contributed by atoms with Crippen molar-refractivity contribution in [2.75, 3.05) is 13.1 Å². The molecule has 0 aromatic rings. The summed E-state index contributed by atoms with van der Waals surface area (Å²) in [6.45, 7) is 19.5. The summed E-state index contributed by atoms with van der Waals surface area (Å²) in [6, 6.07) is 0. The third kappa shape index (κ3) is 6.20. The van der Waals surface area contributed by atoms with Crippen LogP contribution < -0.4 is 5.32 Å². The van der Waals surface area contributed by atoms with E-state index < -0.39 is 0 Å². The van der Waals surface area contributed by atoms with E-state index in [4.69, 9.17) is 0 Å². The van der Waals surface area contributed by atoms with Crippen molar-refractivity contribution in [1.82, 2.24) is 5.32 Å². The number of hydrogen-bond acceptors (Lipinski definition) is 1. The molecule has 0 aromatic heterocycles. The van der Waals surface area contributed by atoms with Crippen molar-refractivity contribution in [3.8, 4) is 0 Å². The first-order chi connectivity index (χ1) is 6.15. The molecule has 1 nitrogen and oxygen atoms in total. The summed E-state index contributed by atoms with van der Waals surface area (Å²) in [5.41, 5.74) is 1.90. The van der Waals surface area contributed by atoms with Crippen LogP contribution in [0.2, 0.25) is 0 Å². The quantitative estimate of drug-likeness (QED) is 0.524.